The zero-order chi connectivity index (χ0) is 18.0. The third kappa shape index (κ3) is 4.05. The third-order valence-corrected chi connectivity index (χ3v) is 4.26. The molecule has 0 saturated heterocycles. The number of alkyl halides is 3. The van der Waals surface area contributed by atoms with Crippen LogP contribution in [0.1, 0.15) is 26.7 Å². The van der Waals surface area contributed by atoms with E-state index in [9.17, 15) is 18.0 Å². The molecule has 3 rings (SSSR count). The summed E-state index contributed by atoms with van der Waals surface area (Å²) in [5, 5.41) is 10.2. The lowest BCUT2D eigenvalue weighted by Gasteiger charge is -2.08. The van der Waals surface area contributed by atoms with Gasteiger partial charge in [0.1, 0.15) is 0 Å². The van der Waals surface area contributed by atoms with E-state index in [1.165, 1.54) is 23.5 Å². The van der Waals surface area contributed by atoms with Gasteiger partial charge in [-0.3, -0.25) is 4.79 Å². The Morgan fingerprint density at radius 1 is 1.24 bits per heavy atom. The molecule has 0 radical (unpaired) electrons. The van der Waals surface area contributed by atoms with Crippen LogP contribution in [0.25, 0.3) is 10.8 Å². The van der Waals surface area contributed by atoms with Crippen LogP contribution in [0, 0.1) is 6.92 Å². The van der Waals surface area contributed by atoms with E-state index in [1.807, 2.05) is 19.1 Å². The van der Waals surface area contributed by atoms with Gasteiger partial charge >= 0.3 is 6.18 Å². The maximum absolute atomic E-state index is 12.7. The Kier molecular flexibility index (Phi) is 4.58. The number of aromatic nitrogens is 2. The van der Waals surface area contributed by atoms with Crippen LogP contribution in [-0.4, -0.2) is 16.1 Å². The summed E-state index contributed by atoms with van der Waals surface area (Å²) >= 11 is 1.49. The Bertz CT molecular complexity index is 902. The summed E-state index contributed by atoms with van der Waals surface area (Å²) in [4.78, 5) is 13.9. The van der Waals surface area contributed by atoms with Gasteiger partial charge in [-0.2, -0.15) is 13.2 Å². The van der Waals surface area contributed by atoms with Gasteiger partial charge in [-0.25, -0.2) is 0 Å². The first kappa shape index (κ1) is 17.2. The van der Waals surface area contributed by atoms with E-state index < -0.39 is 17.6 Å². The molecule has 1 aromatic carbocycles. The molecule has 5 nitrogen and oxygen atoms in total. The van der Waals surface area contributed by atoms with Crippen molar-refractivity contribution in [1.82, 2.24) is 15.5 Å². The number of amides is 1. The van der Waals surface area contributed by atoms with E-state index in [4.69, 9.17) is 4.42 Å². The molecule has 0 aliphatic rings. The molecule has 25 heavy (non-hydrogen) atoms. The molecule has 1 amide bonds. The topological polar surface area (TPSA) is 68.0 Å². The number of rotatable bonds is 4. The number of carbonyl (C=O) groups is 1. The highest BCUT2D eigenvalue weighted by Crippen LogP contribution is 2.29. The fourth-order valence-corrected chi connectivity index (χ4v) is 2.86. The lowest BCUT2D eigenvalue weighted by atomic mass is 10.1. The maximum Gasteiger partial charge on any atom is 0.416 e. The average molecular weight is 367 g/mol. The third-order valence-electron chi connectivity index (χ3n) is 3.27. The highest BCUT2D eigenvalue weighted by molar-refractivity contribution is 7.15. The molecule has 0 aliphatic heterocycles. The van der Waals surface area contributed by atoms with Gasteiger partial charge in [-0.1, -0.05) is 6.07 Å². The summed E-state index contributed by atoms with van der Waals surface area (Å²) in [5.41, 5.74) is -0.975. The van der Waals surface area contributed by atoms with Crippen molar-refractivity contribution >= 4 is 17.2 Å². The van der Waals surface area contributed by atoms with Crippen molar-refractivity contribution in [2.75, 3.05) is 0 Å². The maximum atomic E-state index is 12.7. The van der Waals surface area contributed by atoms with Gasteiger partial charge in [-0.05, 0) is 37.3 Å². The SMILES string of the molecule is Cc1ccc(-c2nnc(CNC(=O)c3cccc(C(F)(F)F)c3)o2)s1. The number of halogens is 3. The molecule has 0 saturated carbocycles. The molecule has 2 aromatic heterocycles. The first-order valence-corrected chi connectivity index (χ1v) is 7.99. The molecule has 0 aliphatic carbocycles. The summed E-state index contributed by atoms with van der Waals surface area (Å²) in [6.45, 7) is 1.87. The van der Waals surface area contributed by atoms with Gasteiger partial charge in [0.2, 0.25) is 5.89 Å². The monoisotopic (exact) mass is 367 g/mol. The number of aryl methyl sites for hydroxylation is 1. The number of benzene rings is 1. The molecule has 3 aromatic rings. The zero-order valence-electron chi connectivity index (χ0n) is 12.9. The molecule has 0 atom stereocenters. The summed E-state index contributed by atoms with van der Waals surface area (Å²) in [5.74, 6) is -0.152. The fraction of sp³-hybridized carbons (Fsp3) is 0.188. The Hall–Kier alpha value is -2.68. The number of hydrogen-bond donors (Lipinski definition) is 1. The van der Waals surface area contributed by atoms with Crippen LogP contribution in [0.3, 0.4) is 0 Å². The van der Waals surface area contributed by atoms with E-state index in [1.54, 1.807) is 0 Å². The normalized spacial score (nSPS) is 11.5. The number of nitrogens with zero attached hydrogens (tertiary/aromatic N) is 2. The van der Waals surface area contributed by atoms with Crippen LogP contribution in [0.2, 0.25) is 0 Å². The van der Waals surface area contributed by atoms with E-state index in [0.29, 0.717) is 5.89 Å². The van der Waals surface area contributed by atoms with Gasteiger partial charge in [-0.15, -0.1) is 21.5 Å². The van der Waals surface area contributed by atoms with E-state index in [2.05, 4.69) is 15.5 Å². The Balaban J connectivity index is 1.66. The van der Waals surface area contributed by atoms with Gasteiger partial charge in [0, 0.05) is 10.4 Å². The van der Waals surface area contributed by atoms with Crippen LogP contribution in [-0.2, 0) is 12.7 Å². The highest BCUT2D eigenvalue weighted by atomic mass is 32.1. The van der Waals surface area contributed by atoms with E-state index in [0.717, 1.165) is 21.9 Å². The van der Waals surface area contributed by atoms with Crippen molar-refractivity contribution in [2.45, 2.75) is 19.6 Å². The van der Waals surface area contributed by atoms with Crippen molar-refractivity contribution in [3.63, 3.8) is 0 Å². The largest absolute Gasteiger partial charge is 0.418 e. The van der Waals surface area contributed by atoms with Gasteiger partial charge in [0.05, 0.1) is 17.0 Å². The molecule has 0 unspecified atom stereocenters. The molecule has 2 heterocycles. The second-order valence-corrected chi connectivity index (χ2v) is 6.46. The summed E-state index contributed by atoms with van der Waals surface area (Å²) in [6.07, 6.45) is -4.50. The minimum Gasteiger partial charge on any atom is -0.418 e. The number of carbonyl (C=O) groups excluding carboxylic acids is 1. The lowest BCUT2D eigenvalue weighted by molar-refractivity contribution is -0.137. The van der Waals surface area contributed by atoms with Crippen LogP contribution < -0.4 is 5.32 Å². The molecule has 130 valence electrons. The molecule has 0 spiro atoms. The molecule has 0 fully saturated rings. The standard InChI is InChI=1S/C16H12F3N3O2S/c1-9-5-6-12(25-9)15-22-21-13(24-15)8-20-14(23)10-3-2-4-11(7-10)16(17,18)19/h2-7H,8H2,1H3,(H,20,23). The van der Waals surface area contributed by atoms with E-state index >= 15 is 0 Å². The van der Waals surface area contributed by atoms with Crippen molar-refractivity contribution in [2.24, 2.45) is 0 Å². The van der Waals surface area contributed by atoms with E-state index in [-0.39, 0.29) is 18.0 Å². The molecule has 9 heteroatoms. The van der Waals surface area contributed by atoms with Gasteiger partial charge in [0.25, 0.3) is 11.8 Å². The lowest BCUT2D eigenvalue weighted by Crippen LogP contribution is -2.23. The molecule has 0 bridgehead atoms. The number of nitrogens with one attached hydrogen (secondary N) is 1. The van der Waals surface area contributed by atoms with Gasteiger partial charge in [0.15, 0.2) is 0 Å². The highest BCUT2D eigenvalue weighted by Gasteiger charge is 2.30. The second-order valence-electron chi connectivity index (χ2n) is 5.17. The molecule has 1 N–H and O–H groups in total. The minimum absolute atomic E-state index is 0.0769. The number of hydrogen-bond acceptors (Lipinski definition) is 5. The quantitative estimate of drug-likeness (QED) is 0.755. The smallest absolute Gasteiger partial charge is 0.416 e. The van der Waals surface area contributed by atoms with Gasteiger partial charge < -0.3 is 9.73 Å². The molecular weight excluding hydrogens is 355 g/mol. The summed E-state index contributed by atoms with van der Waals surface area (Å²) in [6, 6.07) is 7.95. The van der Waals surface area contributed by atoms with Crippen LogP contribution in [0.4, 0.5) is 13.2 Å². The number of thiophene rings is 1. The van der Waals surface area contributed by atoms with Crippen LogP contribution in [0.5, 0.6) is 0 Å². The summed E-state index contributed by atoms with van der Waals surface area (Å²) < 4.78 is 43.5. The minimum atomic E-state index is -4.50. The summed E-state index contributed by atoms with van der Waals surface area (Å²) in [7, 11) is 0. The zero-order valence-corrected chi connectivity index (χ0v) is 13.7. The fourth-order valence-electron chi connectivity index (χ4n) is 2.07. The Morgan fingerprint density at radius 3 is 2.72 bits per heavy atom. The molecular formula is C16H12F3N3O2S. The first-order chi connectivity index (χ1) is 11.8. The van der Waals surface area contributed by atoms with Crippen LogP contribution >= 0.6 is 11.3 Å². The van der Waals surface area contributed by atoms with Crippen molar-refractivity contribution < 1.29 is 22.4 Å². The Labute approximate surface area is 144 Å². The van der Waals surface area contributed by atoms with Crippen molar-refractivity contribution in [3.8, 4) is 10.8 Å². The van der Waals surface area contributed by atoms with Crippen molar-refractivity contribution in [1.29, 1.82) is 0 Å². The van der Waals surface area contributed by atoms with Crippen molar-refractivity contribution in [3.05, 3.63) is 58.3 Å². The Morgan fingerprint density at radius 2 is 2.04 bits per heavy atom. The average Bonchev–Trinajstić information content (AvgIpc) is 3.20. The first-order valence-electron chi connectivity index (χ1n) is 7.17. The van der Waals surface area contributed by atoms with Crippen LogP contribution in [0.15, 0.2) is 40.8 Å². The second kappa shape index (κ2) is 6.67. The predicted octanol–water partition coefficient (Wildman–Crippen LogP) is 4.06. The predicted molar refractivity (Wildman–Crippen MR) is 85.0 cm³/mol.